The molecule has 0 aliphatic heterocycles. The number of imidazole rings is 1. The van der Waals surface area contributed by atoms with E-state index in [1.807, 2.05) is 31.2 Å². The smallest absolute Gasteiger partial charge is 0.240 e. The summed E-state index contributed by atoms with van der Waals surface area (Å²) < 4.78 is 1.61. The molecule has 0 bridgehead atoms. The second-order valence-electron chi connectivity index (χ2n) is 5.92. The molecule has 144 valence electrons. The SMILES string of the molecule is C=CCNC(=O)Cn1c(CO)cnc1SCC(=O)NCc1ccc(C)cc1. The van der Waals surface area contributed by atoms with Crippen LogP contribution < -0.4 is 10.6 Å². The lowest BCUT2D eigenvalue weighted by Crippen LogP contribution is -2.28. The second kappa shape index (κ2) is 10.5. The number of rotatable bonds is 10. The Bertz CT molecular complexity index is 787. The number of aliphatic hydroxyl groups is 1. The molecule has 2 aromatic rings. The summed E-state index contributed by atoms with van der Waals surface area (Å²) in [5.74, 6) is -0.174. The van der Waals surface area contributed by atoms with Gasteiger partial charge in [-0.15, -0.1) is 6.58 Å². The Morgan fingerprint density at radius 1 is 1.26 bits per heavy atom. The highest BCUT2D eigenvalue weighted by Gasteiger charge is 2.14. The quantitative estimate of drug-likeness (QED) is 0.422. The summed E-state index contributed by atoms with van der Waals surface area (Å²) in [5, 5.41) is 15.5. The summed E-state index contributed by atoms with van der Waals surface area (Å²) in [4.78, 5) is 28.2. The molecule has 0 fully saturated rings. The Kier molecular flexibility index (Phi) is 8.09. The summed E-state index contributed by atoms with van der Waals surface area (Å²) in [6.45, 7) is 6.18. The van der Waals surface area contributed by atoms with Gasteiger partial charge in [0.15, 0.2) is 5.16 Å². The first kappa shape index (κ1) is 20.7. The van der Waals surface area contributed by atoms with Crippen molar-refractivity contribution < 1.29 is 14.7 Å². The first-order valence-electron chi connectivity index (χ1n) is 8.51. The van der Waals surface area contributed by atoms with Crippen LogP contribution in [0.5, 0.6) is 0 Å². The summed E-state index contributed by atoms with van der Waals surface area (Å²) >= 11 is 1.22. The molecular weight excluding hydrogens is 364 g/mol. The fourth-order valence-corrected chi connectivity index (χ4v) is 3.10. The predicted molar refractivity (Wildman–Crippen MR) is 105 cm³/mol. The number of nitrogens with zero attached hydrogens (tertiary/aromatic N) is 2. The van der Waals surface area contributed by atoms with E-state index in [1.54, 1.807) is 10.6 Å². The zero-order valence-electron chi connectivity index (χ0n) is 15.3. The molecule has 27 heavy (non-hydrogen) atoms. The van der Waals surface area contributed by atoms with Crippen molar-refractivity contribution in [1.82, 2.24) is 20.2 Å². The zero-order valence-corrected chi connectivity index (χ0v) is 16.1. The fraction of sp³-hybridized carbons (Fsp3) is 0.316. The standard InChI is InChI=1S/C19H24N4O3S/c1-3-8-20-17(25)11-23-16(12-24)10-22-19(23)27-13-18(26)21-9-15-6-4-14(2)5-7-15/h3-7,10,24H,1,8-9,11-13H2,2H3,(H,20,25)(H,21,26). The van der Waals surface area contributed by atoms with E-state index >= 15 is 0 Å². The lowest BCUT2D eigenvalue weighted by atomic mass is 10.1. The van der Waals surface area contributed by atoms with Crippen molar-refractivity contribution in [3.05, 3.63) is 59.9 Å². The van der Waals surface area contributed by atoms with Crippen LogP contribution in [0.4, 0.5) is 0 Å². The number of aliphatic hydroxyl groups excluding tert-OH is 1. The van der Waals surface area contributed by atoms with Crippen molar-refractivity contribution in [1.29, 1.82) is 0 Å². The van der Waals surface area contributed by atoms with Crippen LogP contribution in [0.15, 0.2) is 48.3 Å². The van der Waals surface area contributed by atoms with Gasteiger partial charge in [0.05, 0.1) is 24.3 Å². The van der Waals surface area contributed by atoms with Gasteiger partial charge >= 0.3 is 0 Å². The minimum absolute atomic E-state index is 0.0249. The van der Waals surface area contributed by atoms with Gasteiger partial charge in [0.25, 0.3) is 0 Å². The highest BCUT2D eigenvalue weighted by molar-refractivity contribution is 7.99. The van der Waals surface area contributed by atoms with Crippen molar-refractivity contribution in [3.63, 3.8) is 0 Å². The fourth-order valence-electron chi connectivity index (χ4n) is 2.28. The average molecular weight is 388 g/mol. The van der Waals surface area contributed by atoms with Gasteiger partial charge in [-0.05, 0) is 12.5 Å². The maximum atomic E-state index is 12.1. The van der Waals surface area contributed by atoms with E-state index in [1.165, 1.54) is 23.5 Å². The van der Waals surface area contributed by atoms with Gasteiger partial charge in [0.1, 0.15) is 6.54 Å². The number of hydrogen-bond donors (Lipinski definition) is 3. The van der Waals surface area contributed by atoms with Crippen LogP contribution in [0.25, 0.3) is 0 Å². The number of amides is 2. The van der Waals surface area contributed by atoms with E-state index in [4.69, 9.17) is 0 Å². The minimum Gasteiger partial charge on any atom is -0.390 e. The van der Waals surface area contributed by atoms with Crippen molar-refractivity contribution >= 4 is 23.6 Å². The number of carbonyl (C=O) groups excluding carboxylic acids is 2. The highest BCUT2D eigenvalue weighted by atomic mass is 32.2. The molecule has 0 aliphatic rings. The molecule has 0 saturated carbocycles. The Morgan fingerprint density at radius 3 is 2.67 bits per heavy atom. The van der Waals surface area contributed by atoms with Gasteiger partial charge in [0.2, 0.25) is 11.8 Å². The zero-order chi connectivity index (χ0) is 19.6. The van der Waals surface area contributed by atoms with Crippen LogP contribution in [0, 0.1) is 6.92 Å². The Balaban J connectivity index is 1.89. The van der Waals surface area contributed by atoms with Gasteiger partial charge in [0, 0.05) is 13.1 Å². The molecule has 0 spiro atoms. The van der Waals surface area contributed by atoms with Crippen LogP contribution in [-0.2, 0) is 29.3 Å². The second-order valence-corrected chi connectivity index (χ2v) is 6.86. The summed E-state index contributed by atoms with van der Waals surface area (Å²) in [6, 6.07) is 7.96. The van der Waals surface area contributed by atoms with Crippen LogP contribution in [0.1, 0.15) is 16.8 Å². The molecule has 0 saturated heterocycles. The molecule has 0 atom stereocenters. The van der Waals surface area contributed by atoms with Gasteiger partial charge in [-0.2, -0.15) is 0 Å². The maximum absolute atomic E-state index is 12.1. The lowest BCUT2D eigenvalue weighted by Gasteiger charge is -2.10. The molecule has 1 aromatic heterocycles. The molecule has 2 rings (SSSR count). The van der Waals surface area contributed by atoms with Crippen molar-refractivity contribution in [2.45, 2.75) is 31.8 Å². The number of hydrogen-bond acceptors (Lipinski definition) is 5. The highest BCUT2D eigenvalue weighted by Crippen LogP contribution is 2.18. The molecule has 1 heterocycles. The van der Waals surface area contributed by atoms with Gasteiger partial charge in [-0.25, -0.2) is 4.98 Å². The van der Waals surface area contributed by atoms with Crippen LogP contribution in [0.3, 0.4) is 0 Å². The molecule has 1 aromatic carbocycles. The normalized spacial score (nSPS) is 10.4. The van der Waals surface area contributed by atoms with E-state index in [0.717, 1.165) is 5.56 Å². The Labute approximate surface area is 162 Å². The number of nitrogens with one attached hydrogen (secondary N) is 2. The monoisotopic (exact) mass is 388 g/mol. The van der Waals surface area contributed by atoms with Crippen LogP contribution in [0.2, 0.25) is 0 Å². The summed E-state index contributed by atoms with van der Waals surface area (Å²) in [5.41, 5.74) is 2.72. The molecule has 8 heteroatoms. The Hall–Kier alpha value is -2.58. The van der Waals surface area contributed by atoms with Crippen LogP contribution in [-0.4, -0.2) is 38.8 Å². The molecule has 7 nitrogen and oxygen atoms in total. The van der Waals surface area contributed by atoms with Crippen molar-refractivity contribution in [2.75, 3.05) is 12.3 Å². The lowest BCUT2D eigenvalue weighted by molar-refractivity contribution is -0.121. The molecule has 2 amide bonds. The topological polar surface area (TPSA) is 96.2 Å². The molecule has 0 radical (unpaired) electrons. The number of aryl methyl sites for hydroxylation is 1. The number of thioether (sulfide) groups is 1. The number of aromatic nitrogens is 2. The largest absolute Gasteiger partial charge is 0.390 e. The van der Waals surface area contributed by atoms with E-state index < -0.39 is 0 Å². The van der Waals surface area contributed by atoms with E-state index in [2.05, 4.69) is 22.2 Å². The molecule has 3 N–H and O–H groups in total. The van der Waals surface area contributed by atoms with Crippen LogP contribution >= 0.6 is 11.8 Å². The molecular formula is C19H24N4O3S. The number of benzene rings is 1. The Morgan fingerprint density at radius 2 is 2.00 bits per heavy atom. The van der Waals surface area contributed by atoms with E-state index in [-0.39, 0.29) is 30.7 Å². The molecule has 0 aliphatic carbocycles. The van der Waals surface area contributed by atoms with Gasteiger partial charge < -0.3 is 20.3 Å². The third-order valence-electron chi connectivity index (χ3n) is 3.75. The molecule has 0 unspecified atom stereocenters. The predicted octanol–water partition coefficient (Wildman–Crippen LogP) is 1.39. The maximum Gasteiger partial charge on any atom is 0.240 e. The van der Waals surface area contributed by atoms with Gasteiger partial charge in [-0.3, -0.25) is 9.59 Å². The van der Waals surface area contributed by atoms with E-state index in [9.17, 15) is 14.7 Å². The first-order valence-corrected chi connectivity index (χ1v) is 9.50. The van der Waals surface area contributed by atoms with Crippen molar-refractivity contribution in [3.8, 4) is 0 Å². The van der Waals surface area contributed by atoms with Gasteiger partial charge in [-0.1, -0.05) is 47.7 Å². The third-order valence-corrected chi connectivity index (χ3v) is 4.74. The van der Waals surface area contributed by atoms with Crippen molar-refractivity contribution in [2.24, 2.45) is 0 Å². The average Bonchev–Trinajstić information content (AvgIpc) is 3.05. The summed E-state index contributed by atoms with van der Waals surface area (Å²) in [6.07, 6.45) is 3.10. The van der Waals surface area contributed by atoms with E-state index in [0.29, 0.717) is 23.9 Å². The summed E-state index contributed by atoms with van der Waals surface area (Å²) in [7, 11) is 0. The minimum atomic E-state index is -0.234. The first-order chi connectivity index (χ1) is 13.0. The third kappa shape index (κ3) is 6.58. The number of carbonyl (C=O) groups is 2.